The van der Waals surface area contributed by atoms with Gasteiger partial charge in [-0.05, 0) is 95.3 Å². The van der Waals surface area contributed by atoms with Gasteiger partial charge in [-0.25, -0.2) is 9.59 Å². The Hall–Kier alpha value is -2.46. The van der Waals surface area contributed by atoms with E-state index in [0.29, 0.717) is 38.5 Å². The molecular weight excluding hydrogens is 1030 g/mol. The Kier molecular flexibility index (Phi) is 21.0. The number of esters is 2. The van der Waals surface area contributed by atoms with Crippen molar-refractivity contribution in [1.82, 2.24) is 0 Å². The number of aliphatic hydroxyl groups excluding tert-OH is 15. The first-order valence-electron chi connectivity index (χ1n) is 27.1. The molecule has 8 rings (SSSR count). The maximum absolute atomic E-state index is 13.2. The number of hydrogen-bond acceptors (Lipinski definition) is 26. The van der Waals surface area contributed by atoms with E-state index in [1.807, 2.05) is 0 Å². The molecule has 440 valence electrons. The summed E-state index contributed by atoms with van der Waals surface area (Å²) in [7, 11) is 0. The second kappa shape index (κ2) is 26.6. The van der Waals surface area contributed by atoms with Crippen LogP contribution in [0, 0.1) is 23.7 Å². The van der Waals surface area contributed by atoms with E-state index >= 15 is 0 Å². The molecule has 26 heteroatoms. The molecule has 0 aromatic carbocycles. The minimum atomic E-state index is -1.94. The minimum Gasteiger partial charge on any atom is -0.454 e. The highest BCUT2D eigenvalue weighted by molar-refractivity contribution is 5.82. The number of aliphatic hydroxyl groups is 15. The van der Waals surface area contributed by atoms with Crippen LogP contribution in [0.2, 0.25) is 0 Å². The summed E-state index contributed by atoms with van der Waals surface area (Å²) >= 11 is 0. The molecule has 8 aliphatic rings. The summed E-state index contributed by atoms with van der Waals surface area (Å²) in [5.74, 6) is -3.48. The molecule has 0 aromatic heterocycles. The van der Waals surface area contributed by atoms with Gasteiger partial charge in [0.05, 0.1) is 80.4 Å². The second-order valence-electron chi connectivity index (χ2n) is 22.4. The number of allylic oxidation sites excluding steroid dienone is 2. The first kappa shape index (κ1) is 60.6. The number of rotatable bonds is 15. The number of carbonyl (C=O) groups excluding carboxylic acids is 2. The number of hydrogen-bond donors (Lipinski definition) is 15. The zero-order valence-corrected chi connectivity index (χ0v) is 42.7. The highest BCUT2D eigenvalue weighted by atomic mass is 16.7. The van der Waals surface area contributed by atoms with Gasteiger partial charge < -0.3 is 119 Å². The molecule has 26 atom stereocenters. The Morgan fingerprint density at radius 1 is 0.494 bits per heavy atom. The van der Waals surface area contributed by atoms with Crippen LogP contribution in [0.5, 0.6) is 0 Å². The molecule has 4 heterocycles. The molecule has 0 aromatic rings. The van der Waals surface area contributed by atoms with Gasteiger partial charge in [0.15, 0.2) is 31.1 Å². The van der Waals surface area contributed by atoms with Gasteiger partial charge in [-0.2, -0.15) is 0 Å². The van der Waals surface area contributed by atoms with E-state index in [2.05, 4.69) is 0 Å². The summed E-state index contributed by atoms with van der Waals surface area (Å²) in [4.78, 5) is 26.0. The number of fused-ring (bicyclic) bond motifs is 1. The van der Waals surface area contributed by atoms with Crippen LogP contribution < -0.4 is 0 Å². The SMILES string of the molecule is CC1OC(OCC2OC(OC3CC4C(OC5OC(CO)C(O)C(O)C5OC(=O)C=CC5CCC(O)CC5)CC(O)CC4OC3C3CC(O)C(O)C(O)C3)C(O)C(O)C2O)C(O)C(O)C1OC(=O)C=CC1CCC(O)C(O)C1. The van der Waals surface area contributed by atoms with Crippen molar-refractivity contribution in [3.05, 3.63) is 24.3 Å². The predicted octanol–water partition coefficient (Wildman–Crippen LogP) is -5.08. The third-order valence-corrected chi connectivity index (χ3v) is 16.9. The smallest absolute Gasteiger partial charge is 0.330 e. The number of ether oxygens (including phenoxy) is 9. The van der Waals surface area contributed by atoms with Crippen molar-refractivity contribution in [3.63, 3.8) is 0 Å². The molecular formula is C51H80O26. The average molecular weight is 1110 g/mol. The molecule has 0 bridgehead atoms. The summed E-state index contributed by atoms with van der Waals surface area (Å²) in [5, 5.41) is 161. The van der Waals surface area contributed by atoms with Crippen LogP contribution in [0.1, 0.15) is 84.0 Å². The standard InChI is InChI=1S/C51H80O26/c1-20-46(76-36(59)11-6-22-4-9-27(55)28(56)12-22)43(66)45(68)49(70-20)69-19-35-40(63)41(64)44(67)50(75-35)73-33-17-26-31(71-47(33)23-13-29(57)38(61)30(58)14-23)15-25(54)16-32(26)72-51-48(42(65)39(62)34(18-52)74-51)77-37(60)10-5-21-2-7-24(53)8-3-21/h5-6,10-11,20-35,38-58,61-68H,2-4,7-9,12-19H2,1H3. The average Bonchev–Trinajstić information content (AvgIpc) is 3.41. The van der Waals surface area contributed by atoms with E-state index in [4.69, 9.17) is 42.6 Å². The van der Waals surface area contributed by atoms with E-state index in [9.17, 15) is 86.2 Å². The lowest BCUT2D eigenvalue weighted by atomic mass is 9.72. The summed E-state index contributed by atoms with van der Waals surface area (Å²) in [6.07, 6.45) is -27.9. The molecule has 4 saturated heterocycles. The van der Waals surface area contributed by atoms with E-state index in [1.54, 1.807) is 6.08 Å². The van der Waals surface area contributed by atoms with Crippen LogP contribution in [0.15, 0.2) is 24.3 Å². The van der Waals surface area contributed by atoms with E-state index in [1.165, 1.54) is 19.1 Å². The van der Waals surface area contributed by atoms with Gasteiger partial charge in [-0.15, -0.1) is 0 Å². The zero-order valence-electron chi connectivity index (χ0n) is 42.7. The molecule has 4 aliphatic carbocycles. The molecule has 4 aliphatic heterocycles. The van der Waals surface area contributed by atoms with Crippen molar-refractivity contribution >= 4 is 11.9 Å². The first-order valence-corrected chi connectivity index (χ1v) is 27.1. The lowest BCUT2D eigenvalue weighted by molar-refractivity contribution is -0.352. The highest BCUT2D eigenvalue weighted by Crippen LogP contribution is 2.45. The van der Waals surface area contributed by atoms with Crippen LogP contribution >= 0.6 is 0 Å². The molecule has 8 fully saturated rings. The Morgan fingerprint density at radius 2 is 1.08 bits per heavy atom. The molecule has 77 heavy (non-hydrogen) atoms. The summed E-state index contributed by atoms with van der Waals surface area (Å²) in [5.41, 5.74) is 0. The van der Waals surface area contributed by atoms with Crippen LogP contribution in [-0.4, -0.2) is 261 Å². The van der Waals surface area contributed by atoms with Crippen LogP contribution in [0.4, 0.5) is 0 Å². The Bertz CT molecular complexity index is 1950. The molecule has 0 spiro atoms. The maximum Gasteiger partial charge on any atom is 0.330 e. The molecule has 15 N–H and O–H groups in total. The van der Waals surface area contributed by atoms with E-state index < -0.39 is 196 Å². The molecule has 0 radical (unpaired) electrons. The van der Waals surface area contributed by atoms with E-state index in [0.717, 1.165) is 6.08 Å². The first-order chi connectivity index (χ1) is 36.6. The zero-order chi connectivity index (χ0) is 55.6. The van der Waals surface area contributed by atoms with Crippen molar-refractivity contribution < 1.29 is 129 Å². The quantitative estimate of drug-likeness (QED) is 0.0539. The van der Waals surface area contributed by atoms with Crippen molar-refractivity contribution in [2.24, 2.45) is 23.7 Å². The van der Waals surface area contributed by atoms with Gasteiger partial charge in [-0.3, -0.25) is 0 Å². The van der Waals surface area contributed by atoms with Crippen molar-refractivity contribution in [3.8, 4) is 0 Å². The monoisotopic (exact) mass is 1110 g/mol. The highest BCUT2D eigenvalue weighted by Gasteiger charge is 2.56. The molecule has 26 nitrogen and oxygen atoms in total. The van der Waals surface area contributed by atoms with Crippen LogP contribution in [0.25, 0.3) is 0 Å². The van der Waals surface area contributed by atoms with Gasteiger partial charge in [0.25, 0.3) is 0 Å². The van der Waals surface area contributed by atoms with Crippen molar-refractivity contribution in [2.75, 3.05) is 13.2 Å². The summed E-state index contributed by atoms with van der Waals surface area (Å²) < 4.78 is 54.2. The Labute approximate surface area is 444 Å². The third kappa shape index (κ3) is 14.4. The van der Waals surface area contributed by atoms with Crippen molar-refractivity contribution in [2.45, 2.75) is 243 Å². The van der Waals surface area contributed by atoms with Crippen LogP contribution in [0.3, 0.4) is 0 Å². The minimum absolute atomic E-state index is 0.0189. The largest absolute Gasteiger partial charge is 0.454 e. The van der Waals surface area contributed by atoms with Crippen LogP contribution in [-0.2, 0) is 52.2 Å². The fourth-order valence-corrected chi connectivity index (χ4v) is 12.3. The molecule has 26 unspecified atom stereocenters. The summed E-state index contributed by atoms with van der Waals surface area (Å²) in [6, 6.07) is 0. The van der Waals surface area contributed by atoms with Gasteiger partial charge in [-0.1, -0.05) is 12.2 Å². The lowest BCUT2D eigenvalue weighted by Crippen LogP contribution is -2.64. The predicted molar refractivity (Wildman–Crippen MR) is 255 cm³/mol. The fraction of sp³-hybridized carbons (Fsp3) is 0.882. The molecule has 0 amide bonds. The van der Waals surface area contributed by atoms with Gasteiger partial charge in [0, 0.05) is 24.5 Å². The Morgan fingerprint density at radius 3 is 1.74 bits per heavy atom. The van der Waals surface area contributed by atoms with Gasteiger partial charge in [0.2, 0.25) is 0 Å². The third-order valence-electron chi connectivity index (χ3n) is 16.9. The van der Waals surface area contributed by atoms with E-state index in [-0.39, 0.29) is 50.4 Å². The normalized spacial score (nSPS) is 50.0. The second-order valence-corrected chi connectivity index (χ2v) is 22.4. The maximum atomic E-state index is 13.2. The Balaban J connectivity index is 0.954. The summed E-state index contributed by atoms with van der Waals surface area (Å²) in [6.45, 7) is 0.0269. The van der Waals surface area contributed by atoms with Gasteiger partial charge in [0.1, 0.15) is 61.0 Å². The fourth-order valence-electron chi connectivity index (χ4n) is 12.3. The molecule has 4 saturated carbocycles. The van der Waals surface area contributed by atoms with Crippen molar-refractivity contribution in [1.29, 1.82) is 0 Å². The topological polar surface area (TPSA) is 421 Å². The number of carbonyl (C=O) groups is 2. The van der Waals surface area contributed by atoms with Gasteiger partial charge >= 0.3 is 11.9 Å². The lowest BCUT2D eigenvalue weighted by Gasteiger charge is -2.53.